The van der Waals surface area contributed by atoms with Crippen LogP contribution in [0.15, 0.2) is 23.1 Å². The van der Waals surface area contributed by atoms with E-state index in [2.05, 4.69) is 20.3 Å². The van der Waals surface area contributed by atoms with Gasteiger partial charge >= 0.3 is 29.6 Å². The molecule has 1 heterocycles. The molecule has 0 aliphatic carbocycles. The molecule has 0 aliphatic heterocycles. The van der Waals surface area contributed by atoms with Gasteiger partial charge in [-0.05, 0) is 41.4 Å². The van der Waals surface area contributed by atoms with Crippen LogP contribution in [0.1, 0.15) is 0 Å². The molecule has 12 heteroatoms. The first kappa shape index (κ1) is 18.4. The number of nitrogens with one attached hydrogen (secondary N) is 1. The summed E-state index contributed by atoms with van der Waals surface area (Å²) in [6.45, 7) is 0. The van der Waals surface area contributed by atoms with Crippen molar-refractivity contribution in [1.29, 1.82) is 0 Å². The Morgan fingerprint density at radius 1 is 1.14 bits per heavy atom. The van der Waals surface area contributed by atoms with E-state index in [0.717, 1.165) is 18.2 Å². The van der Waals surface area contributed by atoms with Gasteiger partial charge in [0.25, 0.3) is 0 Å². The van der Waals surface area contributed by atoms with Gasteiger partial charge in [0, 0.05) is 0 Å². The number of hydrogen-bond donors (Lipinski definition) is 2. The second kappa shape index (κ2) is 7.05. The summed E-state index contributed by atoms with van der Waals surface area (Å²) in [5.74, 6) is -0.434. The Kier molecular flexibility index (Phi) is 6.17. The Labute approximate surface area is 151 Å². The summed E-state index contributed by atoms with van der Waals surface area (Å²) in [5.41, 5.74) is -0.0970. The molecule has 0 bridgehead atoms. The number of nitrogens with zero attached hydrogens (tertiary/aromatic N) is 3. The predicted octanol–water partition coefficient (Wildman–Crippen LogP) is -1.46. The molecule has 2 N–H and O–H groups in total. The third-order valence-corrected chi connectivity index (χ3v) is 3.25. The normalized spacial score (nSPS) is 10.8. The van der Waals surface area contributed by atoms with Crippen LogP contribution in [-0.2, 0) is 10.1 Å². The zero-order valence-electron chi connectivity index (χ0n) is 10.4. The first-order valence-corrected chi connectivity index (χ1v) is 7.05. The Morgan fingerprint density at radius 3 is 2.24 bits per heavy atom. The molecule has 0 saturated heterocycles. The monoisotopic (exact) mass is 358 g/mol. The molecule has 106 valence electrons. The van der Waals surface area contributed by atoms with E-state index in [0.29, 0.717) is 0 Å². The van der Waals surface area contributed by atoms with E-state index in [1.807, 2.05) is 0 Å². The SMILES string of the molecule is O=S(=O)([O-])c1ccc(O)c(Nc2nc(Cl)nc(Cl)n2)c1.[Na+]. The van der Waals surface area contributed by atoms with Crippen LogP contribution >= 0.6 is 23.2 Å². The number of halogens is 2. The first-order chi connectivity index (χ1) is 9.25. The Hall–Kier alpha value is -0.680. The fraction of sp³-hybridized carbons (Fsp3) is 0. The Bertz CT molecular complexity index is 754. The quantitative estimate of drug-likeness (QED) is 0.386. The molecule has 2 aromatic rings. The van der Waals surface area contributed by atoms with Gasteiger partial charge in [0.2, 0.25) is 16.5 Å². The summed E-state index contributed by atoms with van der Waals surface area (Å²) in [6, 6.07) is 2.94. The van der Waals surface area contributed by atoms with E-state index in [1.54, 1.807) is 0 Å². The molecular formula is C9H5Cl2N4NaO4S. The average Bonchev–Trinajstić information content (AvgIpc) is 2.29. The van der Waals surface area contributed by atoms with E-state index in [4.69, 9.17) is 23.2 Å². The zero-order valence-corrected chi connectivity index (χ0v) is 14.7. The fourth-order valence-corrected chi connectivity index (χ4v) is 2.13. The molecule has 2 rings (SSSR count). The first-order valence-electron chi connectivity index (χ1n) is 4.89. The third kappa shape index (κ3) is 4.92. The molecule has 0 amide bonds. The average molecular weight is 359 g/mol. The van der Waals surface area contributed by atoms with Crippen LogP contribution < -0.4 is 34.9 Å². The van der Waals surface area contributed by atoms with Crippen molar-refractivity contribution in [2.24, 2.45) is 0 Å². The second-order valence-electron chi connectivity index (χ2n) is 3.46. The van der Waals surface area contributed by atoms with Gasteiger partial charge in [-0.15, -0.1) is 0 Å². The number of benzene rings is 1. The Morgan fingerprint density at radius 2 is 1.71 bits per heavy atom. The summed E-state index contributed by atoms with van der Waals surface area (Å²) >= 11 is 11.1. The van der Waals surface area contributed by atoms with E-state index < -0.39 is 15.0 Å². The number of aromatic hydroxyl groups is 1. The zero-order chi connectivity index (χ0) is 14.9. The number of rotatable bonds is 3. The minimum absolute atomic E-state index is 0. The van der Waals surface area contributed by atoms with Gasteiger partial charge in [0.05, 0.1) is 10.6 Å². The van der Waals surface area contributed by atoms with Gasteiger partial charge in [0.1, 0.15) is 15.9 Å². The Balaban J connectivity index is 0.00000220. The smallest absolute Gasteiger partial charge is 0.744 e. The number of aromatic nitrogens is 3. The summed E-state index contributed by atoms with van der Waals surface area (Å²) in [5, 5.41) is 11.7. The molecule has 0 aliphatic rings. The number of anilines is 2. The van der Waals surface area contributed by atoms with Gasteiger partial charge in [-0.1, -0.05) is 0 Å². The summed E-state index contributed by atoms with van der Waals surface area (Å²) < 4.78 is 32.7. The van der Waals surface area contributed by atoms with Gasteiger partial charge in [-0.3, -0.25) is 0 Å². The van der Waals surface area contributed by atoms with Gasteiger partial charge in [-0.2, -0.15) is 15.0 Å². The van der Waals surface area contributed by atoms with Crippen molar-refractivity contribution in [3.05, 3.63) is 28.8 Å². The van der Waals surface area contributed by atoms with Gasteiger partial charge < -0.3 is 15.0 Å². The minimum atomic E-state index is -4.66. The number of phenolic OH excluding ortho intramolecular Hbond substituents is 1. The molecule has 0 spiro atoms. The van der Waals surface area contributed by atoms with Gasteiger partial charge in [-0.25, -0.2) is 8.42 Å². The number of phenols is 1. The molecule has 1 aromatic heterocycles. The van der Waals surface area contributed by atoms with Crippen LogP contribution in [-0.4, -0.2) is 33.0 Å². The summed E-state index contributed by atoms with van der Waals surface area (Å²) in [4.78, 5) is 10.3. The van der Waals surface area contributed by atoms with E-state index in [1.165, 1.54) is 0 Å². The van der Waals surface area contributed by atoms with E-state index in [-0.39, 0.29) is 57.5 Å². The molecule has 0 radical (unpaired) electrons. The summed E-state index contributed by atoms with van der Waals surface area (Å²) in [7, 11) is -4.66. The van der Waals surface area contributed by atoms with E-state index in [9.17, 15) is 18.1 Å². The van der Waals surface area contributed by atoms with Crippen LogP contribution in [0, 0.1) is 0 Å². The van der Waals surface area contributed by atoms with Crippen LogP contribution in [0.2, 0.25) is 10.6 Å². The van der Waals surface area contributed by atoms with Crippen molar-refractivity contribution < 1.29 is 47.6 Å². The second-order valence-corrected chi connectivity index (χ2v) is 5.51. The molecule has 1 aromatic carbocycles. The molecular weight excluding hydrogens is 354 g/mol. The van der Waals surface area contributed by atoms with Crippen LogP contribution in [0.4, 0.5) is 11.6 Å². The van der Waals surface area contributed by atoms with Crippen molar-refractivity contribution in [3.8, 4) is 5.75 Å². The van der Waals surface area contributed by atoms with Gasteiger partial charge in [0.15, 0.2) is 0 Å². The van der Waals surface area contributed by atoms with Crippen molar-refractivity contribution in [2.75, 3.05) is 5.32 Å². The fourth-order valence-electron chi connectivity index (χ4n) is 1.27. The maximum atomic E-state index is 10.9. The molecule has 0 fully saturated rings. The standard InChI is InChI=1S/C9H6Cl2N4O4S.Na/c10-7-13-8(11)15-9(14-7)12-5-3-4(20(17,18)19)1-2-6(5)16;/h1-3,16H,(H,17,18,19)(H,12,13,14,15);/q;+1/p-1. The van der Waals surface area contributed by atoms with Crippen LogP contribution in [0.3, 0.4) is 0 Å². The third-order valence-electron chi connectivity index (χ3n) is 2.08. The molecule has 21 heavy (non-hydrogen) atoms. The van der Waals surface area contributed by atoms with Crippen molar-refractivity contribution >= 4 is 45.0 Å². The molecule has 8 nitrogen and oxygen atoms in total. The molecule has 0 atom stereocenters. The van der Waals surface area contributed by atoms with Crippen LogP contribution in [0.25, 0.3) is 0 Å². The maximum Gasteiger partial charge on any atom is 1.00 e. The molecule has 0 unspecified atom stereocenters. The topological polar surface area (TPSA) is 128 Å². The predicted molar refractivity (Wildman–Crippen MR) is 69.2 cm³/mol. The maximum absolute atomic E-state index is 10.9. The van der Waals surface area contributed by atoms with E-state index >= 15 is 0 Å². The van der Waals surface area contributed by atoms with Crippen molar-refractivity contribution in [1.82, 2.24) is 15.0 Å². The molecule has 0 saturated carbocycles. The largest absolute Gasteiger partial charge is 1.00 e. The number of hydrogen-bond acceptors (Lipinski definition) is 8. The minimum Gasteiger partial charge on any atom is -0.744 e. The van der Waals surface area contributed by atoms with Crippen LogP contribution in [0.5, 0.6) is 5.75 Å². The summed E-state index contributed by atoms with van der Waals surface area (Å²) in [6.07, 6.45) is 0. The van der Waals surface area contributed by atoms with Crippen molar-refractivity contribution in [2.45, 2.75) is 4.90 Å². The van der Waals surface area contributed by atoms with Crippen molar-refractivity contribution in [3.63, 3.8) is 0 Å².